The fourth-order valence-corrected chi connectivity index (χ4v) is 12.8. The van der Waals surface area contributed by atoms with Crippen LogP contribution in [0.25, 0.3) is 41.6 Å². The van der Waals surface area contributed by atoms with Crippen molar-refractivity contribution in [1.82, 2.24) is 25.1 Å². The summed E-state index contributed by atoms with van der Waals surface area (Å²) in [6.45, 7) is 34.2. The molecule has 6 aromatic rings. The maximum absolute atomic E-state index is 12.9. The molecule has 74 heavy (non-hydrogen) atoms. The monoisotopic (exact) mass is 1080 g/mol. The maximum atomic E-state index is 12.9. The topological polar surface area (TPSA) is 181 Å². The third-order valence-electron chi connectivity index (χ3n) is 12.6. The highest BCUT2D eigenvalue weighted by atomic mass is 32.1. The summed E-state index contributed by atoms with van der Waals surface area (Å²) in [7, 11) is 0. The molecule has 0 saturated carbocycles. The number of amides is 4. The number of hydrogen-bond acceptors (Lipinski definition) is 14. The number of fused-ring (bicyclic) bond motifs is 4. The predicted molar refractivity (Wildman–Crippen MR) is 309 cm³/mol. The molecule has 0 fully saturated rings. The summed E-state index contributed by atoms with van der Waals surface area (Å²) >= 11 is 6.33. The molecule has 18 heteroatoms. The van der Waals surface area contributed by atoms with E-state index >= 15 is 0 Å². The van der Waals surface area contributed by atoms with E-state index in [2.05, 4.69) is 95.3 Å². The van der Waals surface area contributed by atoms with Gasteiger partial charge in [-0.15, -0.1) is 45.3 Å². The van der Waals surface area contributed by atoms with Crippen molar-refractivity contribution in [3.8, 4) is 21.1 Å². The minimum atomic E-state index is -0.544. The average Bonchev–Trinajstić information content (AvgIpc) is 4.10. The van der Waals surface area contributed by atoms with E-state index in [-0.39, 0.29) is 24.0 Å². The number of ether oxygens (including phenoxy) is 2. The first-order chi connectivity index (χ1) is 34.8. The zero-order chi connectivity index (χ0) is 54.4. The molecule has 4 aromatic heterocycles. The molecule has 4 amide bonds. The Morgan fingerprint density at radius 2 is 1.12 bits per heavy atom. The molecular formula is C56H76N8O6S4. The van der Waals surface area contributed by atoms with Crippen LogP contribution in [0.3, 0.4) is 0 Å². The molecular weight excluding hydrogens is 1010 g/mol. The zero-order valence-electron chi connectivity index (χ0n) is 45.8. The van der Waals surface area contributed by atoms with Crippen LogP contribution in [0.4, 0.5) is 19.6 Å². The molecule has 5 N–H and O–H groups in total. The van der Waals surface area contributed by atoms with Gasteiger partial charge in [0.05, 0.1) is 33.5 Å². The highest BCUT2D eigenvalue weighted by Gasteiger charge is 2.33. The van der Waals surface area contributed by atoms with Crippen LogP contribution in [-0.4, -0.2) is 86.7 Å². The molecule has 0 saturated heterocycles. The van der Waals surface area contributed by atoms with Gasteiger partial charge in [-0.25, -0.2) is 19.6 Å². The molecule has 0 radical (unpaired) electrons. The molecule has 6 heterocycles. The molecule has 0 bridgehead atoms. The summed E-state index contributed by atoms with van der Waals surface area (Å²) in [6, 6.07) is 9.35. The van der Waals surface area contributed by atoms with E-state index in [1.165, 1.54) is 45.2 Å². The van der Waals surface area contributed by atoms with E-state index in [0.29, 0.717) is 64.1 Å². The summed E-state index contributed by atoms with van der Waals surface area (Å²) in [5, 5.41) is 12.9. The normalized spacial score (nSPS) is 14.2. The Morgan fingerprint density at radius 3 is 1.51 bits per heavy atom. The Labute approximate surface area is 453 Å². The van der Waals surface area contributed by atoms with E-state index in [1.54, 1.807) is 43.8 Å². The highest BCUT2D eigenvalue weighted by molar-refractivity contribution is 7.23. The minimum Gasteiger partial charge on any atom is -0.444 e. The second kappa shape index (κ2) is 24.6. The number of carbonyl (C=O) groups excluding carboxylic acids is 4. The molecule has 8 rings (SSSR count). The molecule has 2 unspecified atom stereocenters. The summed E-state index contributed by atoms with van der Waals surface area (Å²) in [5.41, 5.74) is 15.3. The van der Waals surface area contributed by atoms with Crippen molar-refractivity contribution in [2.24, 2.45) is 5.73 Å². The fraction of sp³-hybridized carbons (Fsp3) is 0.500. The quantitative estimate of drug-likeness (QED) is 0.0912. The number of aromatic nitrogens is 2. The first-order valence-electron chi connectivity index (χ1n) is 25.5. The lowest BCUT2D eigenvalue weighted by Crippen LogP contribution is -2.39. The van der Waals surface area contributed by atoms with E-state index in [0.717, 1.165) is 79.7 Å². The lowest BCUT2D eigenvalue weighted by Gasteiger charge is -2.30. The Bertz CT molecular complexity index is 2930. The van der Waals surface area contributed by atoms with Gasteiger partial charge in [0.2, 0.25) is 11.8 Å². The van der Waals surface area contributed by atoms with Crippen molar-refractivity contribution < 1.29 is 28.7 Å². The van der Waals surface area contributed by atoms with E-state index in [1.807, 2.05) is 48.5 Å². The van der Waals surface area contributed by atoms with Gasteiger partial charge in [-0.1, -0.05) is 20.4 Å². The molecule has 400 valence electrons. The third kappa shape index (κ3) is 15.0. The number of anilines is 2. The summed E-state index contributed by atoms with van der Waals surface area (Å²) in [5.74, 6) is -0.283. The number of aryl methyl sites for hydroxylation is 4. The molecule has 2 atom stereocenters. The van der Waals surface area contributed by atoms with Gasteiger partial charge in [0, 0.05) is 59.0 Å². The van der Waals surface area contributed by atoms with Crippen LogP contribution in [0.15, 0.2) is 36.9 Å². The second-order valence-electron chi connectivity index (χ2n) is 21.2. The van der Waals surface area contributed by atoms with Crippen molar-refractivity contribution in [1.29, 1.82) is 0 Å². The van der Waals surface area contributed by atoms with Gasteiger partial charge >= 0.3 is 12.2 Å². The molecule has 2 aliphatic rings. The molecule has 14 nitrogen and oxygen atoms in total. The van der Waals surface area contributed by atoms with Gasteiger partial charge in [-0.2, -0.15) is 0 Å². The number of nitrogens with one attached hydrogen (secondary N) is 3. The maximum Gasteiger partial charge on any atom is 0.410 e. The van der Waals surface area contributed by atoms with E-state index in [9.17, 15) is 19.2 Å². The first-order valence-corrected chi connectivity index (χ1v) is 28.8. The molecule has 2 aromatic carbocycles. The fourth-order valence-electron chi connectivity index (χ4n) is 7.90. The number of nitrogens with zero attached hydrogens (tertiary/aromatic N) is 4. The first kappa shape index (κ1) is 58.0. The van der Waals surface area contributed by atoms with Crippen molar-refractivity contribution in [3.63, 3.8) is 0 Å². The largest absolute Gasteiger partial charge is 0.444 e. The Morgan fingerprint density at radius 1 is 0.703 bits per heavy atom. The Balaban J connectivity index is 0.000000223. The number of thiazole rings is 2. The van der Waals surface area contributed by atoms with Gasteiger partial charge in [-0.3, -0.25) is 9.59 Å². The van der Waals surface area contributed by atoms with E-state index < -0.39 is 11.2 Å². The van der Waals surface area contributed by atoms with Crippen LogP contribution in [0.1, 0.15) is 132 Å². The Hall–Kier alpha value is -5.24. The van der Waals surface area contributed by atoms with Crippen LogP contribution in [0.2, 0.25) is 0 Å². The zero-order valence-corrected chi connectivity index (χ0v) is 49.0. The van der Waals surface area contributed by atoms with Gasteiger partial charge < -0.3 is 41.0 Å². The SMILES string of the molecule is C=CC(=O)Nc1sc2c(c1-c1nc3cc(C)c(C)cc3s1)CCN(C(=O)OC(C)(C)C)C2.CCC(C)N.CCC(C)NCCC(=O)Nc1sc2c(c1-c1nc3cc(C)c(C)cc3s1)CCN(C(=O)OC(C)(C)C)C2. The number of hydrogen-bond donors (Lipinski definition) is 4. The van der Waals surface area contributed by atoms with Gasteiger partial charge in [0.25, 0.3) is 0 Å². The van der Waals surface area contributed by atoms with Crippen LogP contribution in [0, 0.1) is 27.7 Å². The van der Waals surface area contributed by atoms with Crippen LogP contribution < -0.4 is 21.7 Å². The lowest BCUT2D eigenvalue weighted by molar-refractivity contribution is -0.116. The lowest BCUT2D eigenvalue weighted by atomic mass is 10.0. The van der Waals surface area contributed by atoms with Gasteiger partial charge in [-0.05, 0) is 172 Å². The average molecular weight is 1090 g/mol. The van der Waals surface area contributed by atoms with Crippen LogP contribution in [0.5, 0.6) is 0 Å². The van der Waals surface area contributed by atoms with Crippen LogP contribution >= 0.6 is 45.3 Å². The second-order valence-corrected chi connectivity index (χ2v) is 25.5. The third-order valence-corrected chi connectivity index (χ3v) is 17.0. The van der Waals surface area contributed by atoms with Crippen molar-refractivity contribution in [2.75, 3.05) is 30.3 Å². The summed E-state index contributed by atoms with van der Waals surface area (Å²) in [6.07, 6.45) is 4.52. The highest BCUT2D eigenvalue weighted by Crippen LogP contribution is 2.48. The predicted octanol–water partition coefficient (Wildman–Crippen LogP) is 13.5. The van der Waals surface area contributed by atoms with Crippen LogP contribution in [-0.2, 0) is 45.0 Å². The summed E-state index contributed by atoms with van der Waals surface area (Å²) in [4.78, 5) is 65.9. The number of nitrogens with two attached hydrogens (primary N) is 1. The van der Waals surface area contributed by atoms with Crippen molar-refractivity contribution in [2.45, 2.75) is 165 Å². The molecule has 0 aliphatic carbocycles. The van der Waals surface area contributed by atoms with Gasteiger partial charge in [0.15, 0.2) is 0 Å². The number of benzene rings is 2. The Kier molecular flexibility index (Phi) is 19.3. The number of carbonyl (C=O) groups is 4. The van der Waals surface area contributed by atoms with Crippen molar-refractivity contribution >= 4 is 99.8 Å². The molecule has 0 spiro atoms. The number of rotatable bonds is 11. The summed E-state index contributed by atoms with van der Waals surface area (Å²) < 4.78 is 13.4. The van der Waals surface area contributed by atoms with Gasteiger partial charge in [0.1, 0.15) is 31.2 Å². The molecule has 2 aliphatic heterocycles. The van der Waals surface area contributed by atoms with Crippen molar-refractivity contribution in [3.05, 3.63) is 80.1 Å². The number of thiophene rings is 2. The van der Waals surface area contributed by atoms with E-state index in [4.69, 9.17) is 25.2 Å². The standard InChI is InChI=1S/C28H38N4O3S2.C24H27N3O3S2.C4H11N/c1-8-18(4)29-11-9-23(33)31-26-24(25-30-20-13-16(2)17(3)14-21(20)36-25)19-10-12-32(15-22(19)37-26)27(34)35-28(5,6)7;1-7-19(28)26-22-20(21-25-16-10-13(2)14(3)11-17(16)31-21)15-8-9-27(12-18(15)32-22)23(29)30-24(4,5)6;1-3-4(2)5/h13-14,18,29H,8-12,15H2,1-7H3,(H,31,33);7,10-11H,1,8-9,12H2,2-6H3,(H,26,28);4H,3,5H2,1-2H3. The minimum absolute atomic E-state index is 0.0209. The smallest absolute Gasteiger partial charge is 0.410 e.